The van der Waals surface area contributed by atoms with Crippen molar-refractivity contribution in [2.24, 2.45) is 17.4 Å². The quantitative estimate of drug-likeness (QED) is 0.648. The first-order chi connectivity index (χ1) is 11.2. The molecule has 2 fully saturated rings. The Morgan fingerprint density at radius 1 is 1.33 bits per heavy atom. The summed E-state index contributed by atoms with van der Waals surface area (Å²) < 4.78 is 2.13. The zero-order chi connectivity index (χ0) is 17.3. The number of nitrogens with one attached hydrogen (secondary N) is 2. The molecule has 0 bridgehead atoms. The second-order valence-electron chi connectivity index (χ2n) is 7.89. The van der Waals surface area contributed by atoms with E-state index in [9.17, 15) is 4.79 Å². The van der Waals surface area contributed by atoms with Crippen LogP contribution >= 0.6 is 0 Å². The van der Waals surface area contributed by atoms with Crippen molar-refractivity contribution in [1.82, 2.24) is 15.0 Å². The van der Waals surface area contributed by atoms with Crippen molar-refractivity contribution in [3.63, 3.8) is 0 Å². The first kappa shape index (κ1) is 15.6. The van der Waals surface area contributed by atoms with Crippen LogP contribution in [0.25, 0.3) is 5.52 Å². The van der Waals surface area contributed by atoms with Crippen LogP contribution in [0.2, 0.25) is 0 Å². The van der Waals surface area contributed by atoms with Gasteiger partial charge < -0.3 is 26.5 Å². The summed E-state index contributed by atoms with van der Waals surface area (Å²) in [5.74, 6) is -0.389. The fourth-order valence-corrected chi connectivity index (χ4v) is 4.40. The van der Waals surface area contributed by atoms with E-state index < -0.39 is 16.6 Å². The van der Waals surface area contributed by atoms with Crippen LogP contribution in [0.15, 0.2) is 30.5 Å². The minimum atomic E-state index is -0.619. The highest BCUT2D eigenvalue weighted by Gasteiger charge is 2.78. The van der Waals surface area contributed by atoms with Gasteiger partial charge in [0.25, 0.3) is 0 Å². The average molecular weight is 327 g/mol. The zero-order valence-corrected chi connectivity index (χ0v) is 14.4. The largest absolute Gasteiger partial charge is 0.347 e. The van der Waals surface area contributed by atoms with Gasteiger partial charge in [0.1, 0.15) is 0 Å². The Labute approximate surface area is 141 Å². The molecular formula is C18H25N5O. The van der Waals surface area contributed by atoms with Crippen LogP contribution < -0.4 is 22.1 Å². The maximum absolute atomic E-state index is 12.9. The number of nitrogens with two attached hydrogens (primary N) is 2. The fraction of sp³-hybridized carbons (Fsp3) is 0.500. The molecule has 2 aromatic heterocycles. The molecule has 1 unspecified atom stereocenters. The Balaban J connectivity index is 1.63. The van der Waals surface area contributed by atoms with E-state index in [1.807, 2.05) is 32.2 Å². The van der Waals surface area contributed by atoms with E-state index in [4.69, 9.17) is 11.5 Å². The van der Waals surface area contributed by atoms with Crippen molar-refractivity contribution >= 4 is 11.4 Å². The number of hydrogen-bond donors (Lipinski definition) is 4. The third-order valence-corrected chi connectivity index (χ3v) is 5.89. The molecule has 0 spiro atoms. The molecule has 2 aliphatic rings. The van der Waals surface area contributed by atoms with Gasteiger partial charge in [-0.3, -0.25) is 4.79 Å². The molecule has 3 heterocycles. The van der Waals surface area contributed by atoms with Crippen LogP contribution in [0.4, 0.5) is 0 Å². The molecule has 3 atom stereocenters. The van der Waals surface area contributed by atoms with E-state index in [0.717, 1.165) is 16.8 Å². The molecule has 24 heavy (non-hydrogen) atoms. The topological polar surface area (TPSA) is 97.6 Å². The SMILES string of the molecule is Cc1cc(C(C)(C)NC(=O)C2[C@]3(N)CNC[C@]23N)c2ccccn12. The second kappa shape index (κ2) is 4.59. The van der Waals surface area contributed by atoms with E-state index in [2.05, 4.69) is 34.1 Å². The van der Waals surface area contributed by atoms with Crippen molar-refractivity contribution < 1.29 is 4.79 Å². The van der Waals surface area contributed by atoms with Crippen LogP contribution in [-0.2, 0) is 10.3 Å². The van der Waals surface area contributed by atoms with Gasteiger partial charge in [-0.25, -0.2) is 0 Å². The molecule has 128 valence electrons. The molecule has 6 N–H and O–H groups in total. The lowest BCUT2D eigenvalue weighted by molar-refractivity contribution is -0.124. The summed E-state index contributed by atoms with van der Waals surface area (Å²) in [6, 6.07) is 8.21. The Kier molecular flexibility index (Phi) is 2.99. The summed E-state index contributed by atoms with van der Waals surface area (Å²) in [6.45, 7) is 7.30. The van der Waals surface area contributed by atoms with Crippen molar-refractivity contribution in [3.8, 4) is 0 Å². The summed E-state index contributed by atoms with van der Waals surface area (Å²) in [6.07, 6.45) is 2.03. The first-order valence-corrected chi connectivity index (χ1v) is 8.38. The molecule has 1 saturated carbocycles. The number of rotatable bonds is 3. The van der Waals surface area contributed by atoms with Gasteiger partial charge in [0.2, 0.25) is 5.91 Å². The van der Waals surface area contributed by atoms with Crippen LogP contribution in [0, 0.1) is 12.8 Å². The molecule has 6 nitrogen and oxygen atoms in total. The predicted octanol–water partition coefficient (Wildman–Crippen LogP) is 0.227. The van der Waals surface area contributed by atoms with E-state index in [0.29, 0.717) is 13.1 Å². The van der Waals surface area contributed by atoms with Crippen molar-refractivity contribution in [2.45, 2.75) is 37.4 Å². The summed E-state index contributed by atoms with van der Waals surface area (Å²) in [5.41, 5.74) is 14.3. The van der Waals surface area contributed by atoms with Gasteiger partial charge in [0.15, 0.2) is 0 Å². The summed E-state index contributed by atoms with van der Waals surface area (Å²) in [7, 11) is 0. The minimum Gasteiger partial charge on any atom is -0.347 e. The van der Waals surface area contributed by atoms with Crippen molar-refractivity contribution in [2.75, 3.05) is 13.1 Å². The van der Waals surface area contributed by atoms with Gasteiger partial charge in [-0.15, -0.1) is 0 Å². The Hall–Kier alpha value is -1.89. The molecular weight excluding hydrogens is 302 g/mol. The van der Waals surface area contributed by atoms with Crippen LogP contribution in [-0.4, -0.2) is 34.5 Å². The van der Waals surface area contributed by atoms with Crippen LogP contribution in [0.5, 0.6) is 0 Å². The average Bonchev–Trinajstić information content (AvgIpc) is 2.76. The summed E-state index contributed by atoms with van der Waals surface area (Å²) >= 11 is 0. The second-order valence-corrected chi connectivity index (χ2v) is 7.89. The van der Waals surface area contributed by atoms with E-state index in [-0.39, 0.29) is 11.8 Å². The predicted molar refractivity (Wildman–Crippen MR) is 93.5 cm³/mol. The molecule has 1 aliphatic heterocycles. The maximum Gasteiger partial charge on any atom is 0.227 e. The van der Waals surface area contributed by atoms with Crippen molar-refractivity contribution in [3.05, 3.63) is 41.7 Å². The lowest BCUT2D eigenvalue weighted by atomic mass is 9.94. The molecule has 1 aliphatic carbocycles. The third kappa shape index (κ3) is 1.84. The number of nitrogens with zero attached hydrogens (tertiary/aromatic N) is 1. The van der Waals surface area contributed by atoms with E-state index >= 15 is 0 Å². The number of aromatic nitrogens is 1. The van der Waals surface area contributed by atoms with Gasteiger partial charge in [0, 0.05) is 30.5 Å². The minimum absolute atomic E-state index is 0.0561. The zero-order valence-electron chi connectivity index (χ0n) is 14.4. The van der Waals surface area contributed by atoms with E-state index in [1.54, 1.807) is 0 Å². The number of amides is 1. The number of aryl methyl sites for hydroxylation is 1. The molecule has 1 amide bonds. The van der Waals surface area contributed by atoms with E-state index in [1.165, 1.54) is 0 Å². The highest BCUT2D eigenvalue weighted by atomic mass is 16.2. The monoisotopic (exact) mass is 327 g/mol. The fourth-order valence-electron chi connectivity index (χ4n) is 4.40. The highest BCUT2D eigenvalue weighted by molar-refractivity contribution is 5.89. The third-order valence-electron chi connectivity index (χ3n) is 5.89. The normalized spacial score (nSPS) is 32.0. The molecule has 2 aromatic rings. The maximum atomic E-state index is 12.9. The Morgan fingerprint density at radius 3 is 2.67 bits per heavy atom. The molecule has 4 rings (SSSR count). The number of carbonyl (C=O) groups is 1. The Morgan fingerprint density at radius 2 is 2.00 bits per heavy atom. The van der Waals surface area contributed by atoms with Gasteiger partial charge in [-0.2, -0.15) is 0 Å². The Bertz CT molecular complexity index is 825. The molecule has 6 heteroatoms. The number of carbonyl (C=O) groups excluding carboxylic acids is 1. The van der Waals surface area contributed by atoms with Gasteiger partial charge in [-0.1, -0.05) is 6.07 Å². The summed E-state index contributed by atoms with van der Waals surface area (Å²) in [4.78, 5) is 12.9. The van der Waals surface area contributed by atoms with Crippen LogP contribution in [0.3, 0.4) is 0 Å². The summed E-state index contributed by atoms with van der Waals surface area (Å²) in [5, 5.41) is 6.36. The van der Waals surface area contributed by atoms with Gasteiger partial charge >= 0.3 is 0 Å². The smallest absolute Gasteiger partial charge is 0.227 e. The van der Waals surface area contributed by atoms with Crippen molar-refractivity contribution in [1.29, 1.82) is 0 Å². The number of fused-ring (bicyclic) bond motifs is 2. The number of piperidine rings is 1. The van der Waals surface area contributed by atoms with Crippen LogP contribution in [0.1, 0.15) is 25.1 Å². The number of pyridine rings is 1. The lowest BCUT2D eigenvalue weighted by Gasteiger charge is -2.27. The standard InChI is InChI=1S/C18H25N5O/c1-11-8-12(13-6-4-5-7-23(11)13)16(2,3)22-15(24)14-17(19)9-21-10-18(14,17)20/h4-8,14,21H,9-10,19-20H2,1-3H3,(H,22,24)/t14?,17-,18+. The van der Waals surface area contributed by atoms with Gasteiger partial charge in [0.05, 0.1) is 28.1 Å². The first-order valence-electron chi connectivity index (χ1n) is 8.38. The lowest BCUT2D eigenvalue weighted by Crippen LogP contribution is -2.46. The molecule has 0 aromatic carbocycles. The molecule has 0 radical (unpaired) electrons. The number of hydrogen-bond acceptors (Lipinski definition) is 4. The highest BCUT2D eigenvalue weighted by Crippen LogP contribution is 2.53. The molecule has 1 saturated heterocycles. The van der Waals surface area contributed by atoms with Gasteiger partial charge in [-0.05, 0) is 39.0 Å².